The van der Waals surface area contributed by atoms with E-state index in [4.69, 9.17) is 21.1 Å². The zero-order valence-corrected chi connectivity index (χ0v) is 25.9. The Morgan fingerprint density at radius 1 is 1.07 bits per heavy atom. The van der Waals surface area contributed by atoms with E-state index in [0.717, 1.165) is 10.4 Å². The third kappa shape index (κ3) is 7.54. The van der Waals surface area contributed by atoms with E-state index in [2.05, 4.69) is 5.32 Å². The highest BCUT2D eigenvalue weighted by Crippen LogP contribution is 2.36. The Morgan fingerprint density at radius 3 is 2.40 bits per heavy atom. The number of hydrogen-bond donors (Lipinski definition) is 1. The van der Waals surface area contributed by atoms with Gasteiger partial charge in [-0.25, -0.2) is 8.42 Å². The number of aryl methyl sites for hydroxylation is 1. The highest BCUT2D eigenvalue weighted by atomic mass is 35.5. The second-order valence-electron chi connectivity index (χ2n) is 9.44. The van der Waals surface area contributed by atoms with Gasteiger partial charge in [0.15, 0.2) is 0 Å². The molecule has 0 unspecified atom stereocenters. The lowest BCUT2D eigenvalue weighted by Crippen LogP contribution is -2.51. The van der Waals surface area contributed by atoms with Crippen molar-refractivity contribution in [2.24, 2.45) is 0 Å². The lowest BCUT2D eigenvalue weighted by atomic mass is 10.1. The van der Waals surface area contributed by atoms with E-state index in [-0.39, 0.29) is 35.0 Å². The number of hydrogen-bond acceptors (Lipinski definition) is 8. The summed E-state index contributed by atoms with van der Waals surface area (Å²) in [4.78, 5) is 38.8. The summed E-state index contributed by atoms with van der Waals surface area (Å²) < 4.78 is 39.8. The molecule has 3 aromatic carbocycles. The third-order valence-electron chi connectivity index (χ3n) is 6.77. The summed E-state index contributed by atoms with van der Waals surface area (Å²) in [7, 11) is -0.362. The Morgan fingerprint density at radius 2 is 1.79 bits per heavy atom. The van der Waals surface area contributed by atoms with Crippen LogP contribution in [0.25, 0.3) is 0 Å². The number of anilines is 1. The molecule has 1 N–H and O–H groups in total. The molecule has 0 aliphatic rings. The van der Waals surface area contributed by atoms with E-state index in [1.807, 2.05) is 0 Å². The number of benzene rings is 3. The summed E-state index contributed by atoms with van der Waals surface area (Å²) in [5, 5.41) is 14.3. The van der Waals surface area contributed by atoms with Crippen molar-refractivity contribution >= 4 is 44.8 Å². The lowest BCUT2D eigenvalue weighted by molar-refractivity contribution is -0.385. The van der Waals surface area contributed by atoms with E-state index in [1.54, 1.807) is 31.2 Å². The van der Waals surface area contributed by atoms with Crippen LogP contribution in [0.1, 0.15) is 24.5 Å². The minimum atomic E-state index is -4.62. The maximum atomic E-state index is 14.2. The predicted octanol–water partition coefficient (Wildman–Crippen LogP) is 4.32. The summed E-state index contributed by atoms with van der Waals surface area (Å²) >= 11 is 6.24. The fourth-order valence-corrected chi connectivity index (χ4v) is 6.10. The normalized spacial score (nSPS) is 11.8. The zero-order chi connectivity index (χ0) is 31.9. The standard InChI is InChI=1S/C29H33ClN4O8S/c1-6-24(29(36)31-3)32(17-20-8-7-9-22(14-20)41-4)28(35)18-33(26-15-21(30)11-13-27(26)42-5)43(39,40)23-12-10-19(2)25(16-23)34(37)38/h7-16,24H,6,17-18H2,1-5H3,(H,31,36)/t24-/m0/s1. The highest BCUT2D eigenvalue weighted by Gasteiger charge is 2.35. The molecule has 230 valence electrons. The Balaban J connectivity index is 2.19. The molecule has 12 nitrogen and oxygen atoms in total. The van der Waals surface area contributed by atoms with Gasteiger partial charge < -0.3 is 19.7 Å². The largest absolute Gasteiger partial charge is 0.497 e. The minimum Gasteiger partial charge on any atom is -0.497 e. The van der Waals surface area contributed by atoms with Crippen LogP contribution >= 0.6 is 11.6 Å². The molecule has 43 heavy (non-hydrogen) atoms. The number of methoxy groups -OCH3 is 2. The fraction of sp³-hybridized carbons (Fsp3) is 0.310. The Kier molecular flexibility index (Phi) is 11.0. The van der Waals surface area contributed by atoms with Crippen LogP contribution in [-0.2, 0) is 26.2 Å². The molecule has 0 aliphatic carbocycles. The van der Waals surface area contributed by atoms with E-state index < -0.39 is 49.9 Å². The van der Waals surface area contributed by atoms with E-state index in [1.165, 1.54) is 63.4 Å². The number of rotatable bonds is 13. The third-order valence-corrected chi connectivity index (χ3v) is 8.76. The molecule has 0 spiro atoms. The van der Waals surface area contributed by atoms with Gasteiger partial charge in [-0.3, -0.25) is 24.0 Å². The van der Waals surface area contributed by atoms with Gasteiger partial charge >= 0.3 is 0 Å². The van der Waals surface area contributed by atoms with Crippen LogP contribution in [0.5, 0.6) is 11.5 Å². The van der Waals surface area contributed by atoms with Gasteiger partial charge in [0.05, 0.1) is 29.7 Å². The van der Waals surface area contributed by atoms with E-state index in [0.29, 0.717) is 11.3 Å². The van der Waals surface area contributed by atoms with Crippen molar-refractivity contribution in [1.82, 2.24) is 10.2 Å². The topological polar surface area (TPSA) is 148 Å². The van der Waals surface area contributed by atoms with Gasteiger partial charge in [0.2, 0.25) is 11.8 Å². The van der Waals surface area contributed by atoms with Gasteiger partial charge in [0.25, 0.3) is 15.7 Å². The minimum absolute atomic E-state index is 0.0431. The van der Waals surface area contributed by atoms with Crippen molar-refractivity contribution in [3.8, 4) is 11.5 Å². The van der Waals surface area contributed by atoms with E-state index >= 15 is 0 Å². The van der Waals surface area contributed by atoms with E-state index in [9.17, 15) is 28.1 Å². The molecule has 0 aromatic heterocycles. The molecule has 0 fully saturated rings. The smallest absolute Gasteiger partial charge is 0.273 e. The highest BCUT2D eigenvalue weighted by molar-refractivity contribution is 7.92. The van der Waals surface area contributed by atoms with Crippen LogP contribution in [0.4, 0.5) is 11.4 Å². The van der Waals surface area contributed by atoms with Crippen LogP contribution in [0.15, 0.2) is 65.6 Å². The van der Waals surface area contributed by atoms with Gasteiger partial charge in [0.1, 0.15) is 24.1 Å². The number of halogens is 1. The molecule has 2 amide bonds. The van der Waals surface area contributed by atoms with Crippen molar-refractivity contribution in [2.45, 2.75) is 37.8 Å². The predicted molar refractivity (Wildman–Crippen MR) is 162 cm³/mol. The second kappa shape index (κ2) is 14.2. The number of carbonyl (C=O) groups is 2. The number of nitro benzene ring substituents is 1. The Hall–Kier alpha value is -4.36. The maximum Gasteiger partial charge on any atom is 0.273 e. The Bertz CT molecular complexity index is 1620. The molecule has 0 heterocycles. The summed E-state index contributed by atoms with van der Waals surface area (Å²) in [5.74, 6) is -0.542. The number of nitro groups is 1. The van der Waals surface area contributed by atoms with Crippen molar-refractivity contribution < 1.29 is 32.4 Å². The van der Waals surface area contributed by atoms with Crippen molar-refractivity contribution in [3.05, 3.63) is 86.9 Å². The summed E-state index contributed by atoms with van der Waals surface area (Å²) in [6.07, 6.45) is 0.229. The second-order valence-corrected chi connectivity index (χ2v) is 11.7. The maximum absolute atomic E-state index is 14.2. The number of sulfonamides is 1. The molecule has 0 radical (unpaired) electrons. The van der Waals surface area contributed by atoms with Gasteiger partial charge in [-0.1, -0.05) is 36.7 Å². The average molecular weight is 633 g/mol. The van der Waals surface area contributed by atoms with Crippen LogP contribution in [-0.4, -0.2) is 63.9 Å². The number of carbonyl (C=O) groups excluding carboxylic acids is 2. The molecule has 0 bridgehead atoms. The summed E-state index contributed by atoms with van der Waals surface area (Å²) in [5.41, 5.74) is 0.420. The summed E-state index contributed by atoms with van der Waals surface area (Å²) in [6.45, 7) is 2.39. The first kappa shape index (κ1) is 33.1. The summed E-state index contributed by atoms with van der Waals surface area (Å²) in [6, 6.07) is 13.7. The first-order valence-corrected chi connectivity index (χ1v) is 14.9. The molecule has 3 rings (SSSR count). The molecule has 0 aliphatic heterocycles. The molecule has 1 atom stereocenters. The molecule has 14 heteroatoms. The number of ether oxygens (including phenoxy) is 2. The first-order valence-electron chi connectivity index (χ1n) is 13.1. The van der Waals surface area contributed by atoms with Crippen molar-refractivity contribution in [2.75, 3.05) is 32.1 Å². The fourth-order valence-electron chi connectivity index (χ4n) is 4.50. The molecule has 0 saturated heterocycles. The molecular formula is C29H33ClN4O8S. The average Bonchev–Trinajstić information content (AvgIpc) is 2.99. The van der Waals surface area contributed by atoms with Gasteiger partial charge in [-0.2, -0.15) is 0 Å². The van der Waals surface area contributed by atoms with Crippen molar-refractivity contribution in [1.29, 1.82) is 0 Å². The first-order chi connectivity index (χ1) is 20.4. The molecular weight excluding hydrogens is 600 g/mol. The Labute approximate surface area is 255 Å². The van der Waals surface area contributed by atoms with Crippen LogP contribution < -0.4 is 19.1 Å². The van der Waals surface area contributed by atoms with Crippen LogP contribution in [0, 0.1) is 17.0 Å². The SMILES string of the molecule is CC[C@@H](C(=O)NC)N(Cc1cccc(OC)c1)C(=O)CN(c1cc(Cl)ccc1OC)S(=O)(=O)c1ccc(C)c([N+](=O)[O-])c1. The molecule has 3 aromatic rings. The zero-order valence-electron chi connectivity index (χ0n) is 24.4. The quantitative estimate of drug-likeness (QED) is 0.216. The number of nitrogens with one attached hydrogen (secondary N) is 1. The van der Waals surface area contributed by atoms with Crippen molar-refractivity contribution in [3.63, 3.8) is 0 Å². The van der Waals surface area contributed by atoms with Gasteiger partial charge in [0, 0.05) is 30.2 Å². The lowest BCUT2D eigenvalue weighted by Gasteiger charge is -2.33. The number of likely N-dealkylation sites (N-methyl/N-ethyl adjacent to an activating group) is 1. The number of amides is 2. The number of nitrogens with zero attached hydrogens (tertiary/aromatic N) is 3. The molecule has 0 saturated carbocycles. The van der Waals surface area contributed by atoms with Gasteiger partial charge in [-0.15, -0.1) is 0 Å². The van der Waals surface area contributed by atoms with Gasteiger partial charge in [-0.05, 0) is 55.3 Å². The van der Waals surface area contributed by atoms with Crippen LogP contribution in [0.2, 0.25) is 5.02 Å². The van der Waals surface area contributed by atoms with Crippen LogP contribution in [0.3, 0.4) is 0 Å². The monoisotopic (exact) mass is 632 g/mol.